The zero-order chi connectivity index (χ0) is 12.6. The van der Waals surface area contributed by atoms with Gasteiger partial charge in [-0.2, -0.15) is 5.26 Å². The van der Waals surface area contributed by atoms with Gasteiger partial charge in [0.1, 0.15) is 11.6 Å². The highest BCUT2D eigenvalue weighted by Crippen LogP contribution is 2.19. The molecular formula is C14H19NO. The maximum atomic E-state index is 11.8. The van der Waals surface area contributed by atoms with E-state index in [0.717, 1.165) is 19.3 Å². The molecule has 0 amide bonds. The molecule has 0 unspecified atom stereocenters. The molecule has 0 aromatic carbocycles. The molecule has 0 fully saturated rings. The number of carbonyl (C=O) groups is 1. The third-order valence-corrected chi connectivity index (χ3v) is 2.02. The number of rotatable bonds is 3. The second-order valence-electron chi connectivity index (χ2n) is 4.67. The van der Waals surface area contributed by atoms with Gasteiger partial charge in [-0.25, -0.2) is 0 Å². The van der Waals surface area contributed by atoms with E-state index >= 15 is 0 Å². The van der Waals surface area contributed by atoms with Crippen LogP contribution in [0.3, 0.4) is 0 Å². The van der Waals surface area contributed by atoms with Gasteiger partial charge in [0, 0.05) is 17.9 Å². The van der Waals surface area contributed by atoms with Crippen LogP contribution >= 0.6 is 0 Å². The molecule has 0 spiro atoms. The van der Waals surface area contributed by atoms with Crippen molar-refractivity contribution in [3.63, 3.8) is 0 Å². The maximum Gasteiger partial charge on any atom is 0.179 e. The van der Waals surface area contributed by atoms with E-state index in [4.69, 9.17) is 5.26 Å². The van der Waals surface area contributed by atoms with E-state index < -0.39 is 5.41 Å². The Morgan fingerprint density at radius 2 is 2.00 bits per heavy atom. The Balaban J connectivity index is 4.62. The third kappa shape index (κ3) is 5.37. The minimum absolute atomic E-state index is 0.150. The van der Waals surface area contributed by atoms with Crippen LogP contribution in [0, 0.1) is 28.6 Å². The molecule has 0 aromatic heterocycles. The van der Waals surface area contributed by atoms with E-state index in [-0.39, 0.29) is 11.4 Å². The molecule has 86 valence electrons. The van der Waals surface area contributed by atoms with Crippen LogP contribution in [0.2, 0.25) is 0 Å². The molecule has 0 saturated heterocycles. The molecule has 0 heterocycles. The Morgan fingerprint density at radius 3 is 2.44 bits per heavy atom. The van der Waals surface area contributed by atoms with Crippen molar-refractivity contribution < 1.29 is 4.79 Å². The number of hydrogen-bond donors (Lipinski definition) is 0. The number of hydrogen-bond acceptors (Lipinski definition) is 2. The molecule has 0 saturated carbocycles. The molecule has 0 aliphatic heterocycles. The van der Waals surface area contributed by atoms with Crippen LogP contribution in [0.15, 0.2) is 11.6 Å². The zero-order valence-electron chi connectivity index (χ0n) is 10.6. The monoisotopic (exact) mass is 217 g/mol. The van der Waals surface area contributed by atoms with Gasteiger partial charge in [0.05, 0.1) is 0 Å². The summed E-state index contributed by atoms with van der Waals surface area (Å²) in [4.78, 5) is 11.8. The molecule has 0 aliphatic carbocycles. The summed E-state index contributed by atoms with van der Waals surface area (Å²) in [6.07, 6.45) is 4.40. The molecule has 2 nitrogen and oxygen atoms in total. The first-order chi connectivity index (χ1) is 7.43. The van der Waals surface area contributed by atoms with Crippen molar-refractivity contribution in [1.29, 1.82) is 5.26 Å². The fourth-order valence-corrected chi connectivity index (χ4v) is 1.01. The fraction of sp³-hybridized carbons (Fsp3) is 0.571. The molecule has 0 rings (SSSR count). The van der Waals surface area contributed by atoms with Gasteiger partial charge in [0.25, 0.3) is 0 Å². The summed E-state index contributed by atoms with van der Waals surface area (Å²) in [5, 5.41) is 8.86. The largest absolute Gasteiger partial charge is 0.293 e. The average Bonchev–Trinajstić information content (AvgIpc) is 2.21. The quantitative estimate of drug-likeness (QED) is 0.315. The molecule has 0 bridgehead atoms. The maximum absolute atomic E-state index is 11.8. The minimum Gasteiger partial charge on any atom is -0.293 e. The van der Waals surface area contributed by atoms with Crippen LogP contribution in [0.25, 0.3) is 0 Å². The van der Waals surface area contributed by atoms with Crippen molar-refractivity contribution in [3.8, 4) is 17.9 Å². The summed E-state index contributed by atoms with van der Waals surface area (Å²) in [5.41, 5.74) is -0.372. The molecule has 2 heteroatoms. The average molecular weight is 217 g/mol. The SMILES string of the molecule is CCCCC#C/C=C(/C#N)C(=O)C(C)(C)C. The normalized spacial score (nSPS) is 11.3. The third-order valence-electron chi connectivity index (χ3n) is 2.02. The second kappa shape index (κ2) is 6.85. The molecular weight excluding hydrogens is 198 g/mol. The molecule has 0 aromatic rings. The Labute approximate surface area is 98.3 Å². The highest BCUT2D eigenvalue weighted by Gasteiger charge is 2.24. The number of nitrogens with zero attached hydrogens (tertiary/aromatic N) is 1. The Hall–Kier alpha value is -1.54. The standard InChI is InChI=1S/C14H19NO/c1-5-6-7-8-9-10-12(11-15)13(16)14(2,3)4/h10H,5-7H2,1-4H3/b12-10-. The highest BCUT2D eigenvalue weighted by molar-refractivity contribution is 6.02. The van der Waals surface area contributed by atoms with E-state index in [2.05, 4.69) is 18.8 Å². The topological polar surface area (TPSA) is 40.9 Å². The Kier molecular flexibility index (Phi) is 6.19. The van der Waals surface area contributed by atoms with E-state index in [1.54, 1.807) is 20.8 Å². The van der Waals surface area contributed by atoms with Crippen molar-refractivity contribution in [2.45, 2.75) is 47.0 Å². The molecule has 0 atom stereocenters. The number of unbranched alkanes of at least 4 members (excludes halogenated alkanes) is 2. The van der Waals surface area contributed by atoms with Gasteiger partial charge in [-0.05, 0) is 6.42 Å². The molecule has 16 heavy (non-hydrogen) atoms. The fourth-order valence-electron chi connectivity index (χ4n) is 1.01. The summed E-state index contributed by atoms with van der Waals surface area (Å²) in [6.45, 7) is 7.49. The lowest BCUT2D eigenvalue weighted by Crippen LogP contribution is -2.21. The van der Waals surface area contributed by atoms with Crippen molar-refractivity contribution in [2.24, 2.45) is 5.41 Å². The van der Waals surface area contributed by atoms with E-state index in [9.17, 15) is 4.79 Å². The number of ketones is 1. The number of carbonyl (C=O) groups excluding carboxylic acids is 1. The predicted octanol–water partition coefficient (Wildman–Crippen LogP) is 3.25. The molecule has 0 aliphatic rings. The van der Waals surface area contributed by atoms with Crippen molar-refractivity contribution in [2.75, 3.05) is 0 Å². The predicted molar refractivity (Wildman–Crippen MR) is 65.5 cm³/mol. The minimum atomic E-state index is -0.521. The lowest BCUT2D eigenvalue weighted by Gasteiger charge is -2.14. The van der Waals surface area contributed by atoms with Crippen molar-refractivity contribution >= 4 is 5.78 Å². The van der Waals surface area contributed by atoms with Crippen molar-refractivity contribution in [3.05, 3.63) is 11.6 Å². The van der Waals surface area contributed by atoms with Crippen LogP contribution in [-0.4, -0.2) is 5.78 Å². The van der Waals surface area contributed by atoms with Gasteiger partial charge >= 0.3 is 0 Å². The van der Waals surface area contributed by atoms with Gasteiger partial charge in [-0.1, -0.05) is 46.0 Å². The van der Waals surface area contributed by atoms with Crippen molar-refractivity contribution in [1.82, 2.24) is 0 Å². The smallest absolute Gasteiger partial charge is 0.179 e. The summed E-state index contributed by atoms with van der Waals surface area (Å²) in [7, 11) is 0. The lowest BCUT2D eigenvalue weighted by molar-refractivity contribution is -0.122. The van der Waals surface area contributed by atoms with Gasteiger partial charge in [-0.3, -0.25) is 4.79 Å². The molecule has 0 N–H and O–H groups in total. The van der Waals surface area contributed by atoms with E-state index in [0.29, 0.717) is 0 Å². The number of Topliss-reactive ketones (excluding diaryl/α,β-unsaturated/α-hetero) is 1. The summed E-state index contributed by atoms with van der Waals surface area (Å²) in [5.74, 6) is 5.54. The summed E-state index contributed by atoms with van der Waals surface area (Å²) >= 11 is 0. The highest BCUT2D eigenvalue weighted by atomic mass is 16.1. The number of allylic oxidation sites excluding steroid dienone is 2. The molecule has 0 radical (unpaired) electrons. The van der Waals surface area contributed by atoms with Crippen LogP contribution in [0.5, 0.6) is 0 Å². The van der Waals surface area contributed by atoms with Gasteiger partial charge in [0.2, 0.25) is 0 Å². The van der Waals surface area contributed by atoms with Gasteiger partial charge in [-0.15, -0.1) is 0 Å². The first-order valence-electron chi connectivity index (χ1n) is 5.57. The van der Waals surface area contributed by atoms with Gasteiger partial charge < -0.3 is 0 Å². The lowest BCUT2D eigenvalue weighted by atomic mass is 9.86. The Morgan fingerprint density at radius 1 is 1.38 bits per heavy atom. The van der Waals surface area contributed by atoms with Crippen LogP contribution in [0.4, 0.5) is 0 Å². The van der Waals surface area contributed by atoms with E-state index in [1.165, 1.54) is 6.08 Å². The van der Waals surface area contributed by atoms with Crippen LogP contribution in [0.1, 0.15) is 47.0 Å². The number of nitriles is 1. The van der Waals surface area contributed by atoms with Crippen LogP contribution in [-0.2, 0) is 4.79 Å². The first kappa shape index (κ1) is 14.5. The summed E-state index contributed by atoms with van der Waals surface area (Å²) < 4.78 is 0. The van der Waals surface area contributed by atoms with E-state index in [1.807, 2.05) is 6.07 Å². The van der Waals surface area contributed by atoms with Gasteiger partial charge in [0.15, 0.2) is 5.78 Å². The Bertz CT molecular complexity index is 366. The van der Waals surface area contributed by atoms with Crippen LogP contribution < -0.4 is 0 Å². The zero-order valence-corrected chi connectivity index (χ0v) is 10.6. The summed E-state index contributed by atoms with van der Waals surface area (Å²) in [6, 6.07) is 1.91. The second-order valence-corrected chi connectivity index (χ2v) is 4.67. The first-order valence-corrected chi connectivity index (χ1v) is 5.57.